The van der Waals surface area contributed by atoms with Crippen molar-refractivity contribution in [3.63, 3.8) is 0 Å². The summed E-state index contributed by atoms with van der Waals surface area (Å²) in [5.41, 5.74) is 3.21. The molecule has 150 valence electrons. The second kappa shape index (κ2) is 7.46. The van der Waals surface area contributed by atoms with Crippen LogP contribution >= 0.6 is 0 Å². The van der Waals surface area contributed by atoms with Gasteiger partial charge in [0.2, 0.25) is 5.91 Å². The minimum atomic E-state index is -0.248. The van der Waals surface area contributed by atoms with Crippen LogP contribution in [0, 0.1) is 5.82 Å². The number of piperazine rings is 1. The van der Waals surface area contributed by atoms with Gasteiger partial charge in [0.1, 0.15) is 23.6 Å². The number of nitrogens with zero attached hydrogens (tertiary/aromatic N) is 4. The van der Waals surface area contributed by atoms with Crippen LogP contribution in [0.3, 0.4) is 0 Å². The van der Waals surface area contributed by atoms with E-state index < -0.39 is 0 Å². The van der Waals surface area contributed by atoms with Crippen molar-refractivity contribution < 1.29 is 9.18 Å². The zero-order valence-corrected chi connectivity index (χ0v) is 16.3. The van der Waals surface area contributed by atoms with Crippen molar-refractivity contribution in [2.45, 2.75) is 31.6 Å². The molecule has 0 atom stereocenters. The van der Waals surface area contributed by atoms with Crippen molar-refractivity contribution in [1.82, 2.24) is 19.9 Å². The largest absolute Gasteiger partial charge is 0.352 e. The number of aryl methyl sites for hydroxylation is 1. The number of carbonyl (C=O) groups excluding carboxylic acids is 1. The number of aromatic amines is 1. The molecule has 1 amide bonds. The molecule has 29 heavy (non-hydrogen) atoms. The lowest BCUT2D eigenvalue weighted by Crippen LogP contribution is -2.49. The van der Waals surface area contributed by atoms with Gasteiger partial charge in [-0.25, -0.2) is 14.4 Å². The third kappa shape index (κ3) is 3.69. The highest BCUT2D eigenvalue weighted by Gasteiger charge is 2.30. The Hall–Kier alpha value is -2.96. The lowest BCUT2D eigenvalue weighted by atomic mass is 10.1. The number of hydrogen-bond acceptors (Lipinski definition) is 4. The number of anilines is 1. The summed E-state index contributed by atoms with van der Waals surface area (Å²) in [6, 6.07) is 6.38. The number of amides is 1. The number of carbonyl (C=O) groups is 1. The Morgan fingerprint density at radius 2 is 1.86 bits per heavy atom. The Morgan fingerprint density at radius 1 is 1.10 bits per heavy atom. The van der Waals surface area contributed by atoms with Crippen molar-refractivity contribution >= 4 is 22.8 Å². The number of aromatic nitrogens is 3. The summed E-state index contributed by atoms with van der Waals surface area (Å²) in [5, 5.41) is 1.14. The number of nitrogens with one attached hydrogen (secondary N) is 1. The van der Waals surface area contributed by atoms with Crippen molar-refractivity contribution in [2.75, 3.05) is 31.1 Å². The SMILES string of the molecule is O=C(CCc1ccc(F)cc1)N1CCN(c2ncnc3[nH]cc(C4CC4)c23)CC1. The van der Waals surface area contributed by atoms with Gasteiger partial charge < -0.3 is 14.8 Å². The molecule has 6 nitrogen and oxygen atoms in total. The zero-order chi connectivity index (χ0) is 19.8. The van der Waals surface area contributed by atoms with Crippen LogP contribution in [0.4, 0.5) is 10.2 Å². The Labute approximate surface area is 168 Å². The van der Waals surface area contributed by atoms with Crippen LogP contribution in [0.15, 0.2) is 36.8 Å². The fourth-order valence-electron chi connectivity index (χ4n) is 4.15. The van der Waals surface area contributed by atoms with E-state index in [4.69, 9.17) is 0 Å². The molecule has 0 unspecified atom stereocenters. The molecule has 1 N–H and O–H groups in total. The van der Waals surface area contributed by atoms with E-state index in [0.717, 1.165) is 35.5 Å². The maximum Gasteiger partial charge on any atom is 0.223 e. The highest BCUT2D eigenvalue weighted by Crippen LogP contribution is 2.44. The molecule has 5 rings (SSSR count). The maximum atomic E-state index is 13.0. The van der Waals surface area contributed by atoms with Crippen molar-refractivity contribution in [2.24, 2.45) is 0 Å². The summed E-state index contributed by atoms with van der Waals surface area (Å²) < 4.78 is 13.0. The molecular formula is C22H24FN5O. The number of benzene rings is 1. The van der Waals surface area contributed by atoms with Gasteiger partial charge in [-0.2, -0.15) is 0 Å². The molecule has 7 heteroatoms. The van der Waals surface area contributed by atoms with Crippen molar-refractivity contribution in [3.8, 4) is 0 Å². The number of fused-ring (bicyclic) bond motifs is 1. The Bertz CT molecular complexity index is 1020. The quantitative estimate of drug-likeness (QED) is 0.723. The van der Waals surface area contributed by atoms with Gasteiger partial charge in [-0.05, 0) is 48.4 Å². The van der Waals surface area contributed by atoms with Gasteiger partial charge in [0.15, 0.2) is 0 Å². The first-order valence-electron chi connectivity index (χ1n) is 10.3. The minimum Gasteiger partial charge on any atom is -0.352 e. The second-order valence-corrected chi connectivity index (χ2v) is 7.93. The molecule has 0 radical (unpaired) electrons. The number of hydrogen-bond donors (Lipinski definition) is 1. The lowest BCUT2D eigenvalue weighted by Gasteiger charge is -2.35. The number of H-pyrrole nitrogens is 1. The molecule has 1 aliphatic carbocycles. The van der Waals surface area contributed by atoms with Crippen LogP contribution in [0.25, 0.3) is 11.0 Å². The third-order valence-corrected chi connectivity index (χ3v) is 5.97. The highest BCUT2D eigenvalue weighted by molar-refractivity contribution is 5.91. The van der Waals surface area contributed by atoms with Crippen LogP contribution in [-0.2, 0) is 11.2 Å². The van der Waals surface area contributed by atoms with Crippen LogP contribution in [0.1, 0.15) is 36.3 Å². The van der Waals surface area contributed by atoms with Gasteiger partial charge in [0.05, 0.1) is 5.39 Å². The lowest BCUT2D eigenvalue weighted by molar-refractivity contribution is -0.131. The van der Waals surface area contributed by atoms with Gasteiger partial charge in [-0.3, -0.25) is 4.79 Å². The van der Waals surface area contributed by atoms with Gasteiger partial charge in [-0.15, -0.1) is 0 Å². The normalized spacial score (nSPS) is 17.1. The molecule has 2 aliphatic rings. The van der Waals surface area contributed by atoms with Crippen LogP contribution in [0.2, 0.25) is 0 Å². The predicted octanol–water partition coefficient (Wildman–Crippen LogP) is 3.26. The topological polar surface area (TPSA) is 65.1 Å². The minimum absolute atomic E-state index is 0.155. The van der Waals surface area contributed by atoms with Gasteiger partial charge in [0.25, 0.3) is 0 Å². The molecule has 1 aliphatic heterocycles. The second-order valence-electron chi connectivity index (χ2n) is 7.93. The Morgan fingerprint density at radius 3 is 2.59 bits per heavy atom. The van der Waals surface area contributed by atoms with E-state index in [1.807, 2.05) is 4.90 Å². The monoisotopic (exact) mass is 393 g/mol. The standard InChI is InChI=1S/C22H24FN5O/c23-17-6-1-15(2-7-17)3-8-19(29)27-9-11-28(12-10-27)22-20-18(16-4-5-16)13-24-21(20)25-14-26-22/h1-2,6-7,13-14,16H,3-5,8-12H2,(H,24,25,26). The first-order valence-corrected chi connectivity index (χ1v) is 10.3. The molecule has 0 bridgehead atoms. The molecule has 1 saturated heterocycles. The number of rotatable bonds is 5. The van der Waals surface area contributed by atoms with Crippen LogP contribution in [0.5, 0.6) is 0 Å². The Balaban J connectivity index is 1.23. The van der Waals surface area contributed by atoms with Crippen LogP contribution < -0.4 is 4.90 Å². The molecule has 3 heterocycles. The average Bonchev–Trinajstić information content (AvgIpc) is 3.51. The molecule has 2 fully saturated rings. The summed E-state index contributed by atoms with van der Waals surface area (Å²) >= 11 is 0. The van der Waals surface area contributed by atoms with E-state index in [-0.39, 0.29) is 11.7 Å². The third-order valence-electron chi connectivity index (χ3n) is 5.97. The summed E-state index contributed by atoms with van der Waals surface area (Å²) in [7, 11) is 0. The Kier molecular flexibility index (Phi) is 4.66. The zero-order valence-electron chi connectivity index (χ0n) is 16.3. The maximum absolute atomic E-state index is 13.0. The highest BCUT2D eigenvalue weighted by atomic mass is 19.1. The van der Waals surface area contributed by atoms with Crippen LogP contribution in [-0.4, -0.2) is 51.9 Å². The van der Waals surface area contributed by atoms with E-state index >= 15 is 0 Å². The first-order chi connectivity index (χ1) is 14.2. The summed E-state index contributed by atoms with van der Waals surface area (Å²) in [6.45, 7) is 2.92. The molecule has 0 spiro atoms. The molecule has 1 aromatic carbocycles. The van der Waals surface area contributed by atoms with Gasteiger partial charge in [-0.1, -0.05) is 12.1 Å². The fourth-order valence-corrected chi connectivity index (χ4v) is 4.15. The van der Waals surface area contributed by atoms with Crippen molar-refractivity contribution in [1.29, 1.82) is 0 Å². The smallest absolute Gasteiger partial charge is 0.223 e. The van der Waals surface area contributed by atoms with E-state index in [1.165, 1.54) is 30.5 Å². The molecule has 3 aromatic rings. The van der Waals surface area contributed by atoms with E-state index in [2.05, 4.69) is 26.0 Å². The molecular weight excluding hydrogens is 369 g/mol. The van der Waals surface area contributed by atoms with Gasteiger partial charge in [0, 0.05) is 38.8 Å². The van der Waals surface area contributed by atoms with Gasteiger partial charge >= 0.3 is 0 Å². The summed E-state index contributed by atoms with van der Waals surface area (Å²) in [5.74, 6) is 1.52. The predicted molar refractivity (Wildman–Crippen MR) is 109 cm³/mol. The number of halogens is 1. The fraction of sp³-hybridized carbons (Fsp3) is 0.409. The summed E-state index contributed by atoms with van der Waals surface area (Å²) in [4.78, 5) is 29.1. The first kappa shape index (κ1) is 18.1. The average molecular weight is 393 g/mol. The van der Waals surface area contributed by atoms with Crippen molar-refractivity contribution in [3.05, 3.63) is 53.7 Å². The summed E-state index contributed by atoms with van der Waals surface area (Å²) in [6.07, 6.45) is 7.25. The molecule has 1 saturated carbocycles. The molecule has 2 aromatic heterocycles. The van der Waals surface area contributed by atoms with E-state index in [1.54, 1.807) is 18.5 Å². The van der Waals surface area contributed by atoms with E-state index in [0.29, 0.717) is 31.8 Å². The van der Waals surface area contributed by atoms with E-state index in [9.17, 15) is 9.18 Å².